The second-order valence-corrected chi connectivity index (χ2v) is 13.9. The summed E-state index contributed by atoms with van der Waals surface area (Å²) in [6, 6.07) is 7.89. The lowest BCUT2D eigenvalue weighted by Gasteiger charge is -2.41. The van der Waals surface area contributed by atoms with E-state index < -0.39 is 17.7 Å². The number of alkyl halides is 1. The molecule has 1 aromatic carbocycles. The van der Waals surface area contributed by atoms with Crippen LogP contribution < -0.4 is 20.7 Å². The van der Waals surface area contributed by atoms with Crippen molar-refractivity contribution in [2.75, 3.05) is 43.9 Å². The zero-order valence-electron chi connectivity index (χ0n) is 26.1. The maximum absolute atomic E-state index is 14.9. The summed E-state index contributed by atoms with van der Waals surface area (Å²) in [5.74, 6) is 2.48. The summed E-state index contributed by atoms with van der Waals surface area (Å²) in [5.41, 5.74) is 10.9. The van der Waals surface area contributed by atoms with Crippen LogP contribution in [0.5, 0.6) is 5.88 Å². The molecule has 3 N–H and O–H groups in total. The molecule has 5 aliphatic rings. The summed E-state index contributed by atoms with van der Waals surface area (Å²) in [6.45, 7) is 5.20. The highest BCUT2D eigenvalue weighted by Gasteiger charge is 2.49. The quantitative estimate of drug-likeness (QED) is 0.403. The molecule has 2 saturated heterocycles. The maximum Gasteiger partial charge on any atom is 0.219 e. The van der Waals surface area contributed by atoms with E-state index in [4.69, 9.17) is 25.0 Å². The minimum absolute atomic E-state index is 0.153. The number of likely N-dealkylation sites (N-methyl/N-ethyl adjacent to an activating group) is 1. The number of nitriles is 1. The molecule has 2 aromatic heterocycles. The predicted octanol–water partition coefficient (Wildman–Crippen LogP) is 4.30. The number of nitrogens with two attached hydrogens (primary N) is 1. The lowest BCUT2D eigenvalue weighted by molar-refractivity contribution is 0.0810. The Balaban J connectivity index is 1.22. The molecule has 4 heterocycles. The van der Waals surface area contributed by atoms with Crippen molar-refractivity contribution in [1.29, 1.82) is 5.26 Å². The third-order valence-corrected chi connectivity index (χ3v) is 11.1. The lowest BCUT2D eigenvalue weighted by atomic mass is 9.61. The number of aryl methyl sites for hydroxylation is 1. The van der Waals surface area contributed by atoms with E-state index in [1.165, 1.54) is 0 Å². The van der Waals surface area contributed by atoms with E-state index in [0.717, 1.165) is 99.3 Å². The van der Waals surface area contributed by atoms with Crippen LogP contribution in [0.4, 0.5) is 15.9 Å². The van der Waals surface area contributed by atoms with Crippen LogP contribution >= 0.6 is 0 Å². The number of nitrogen functional groups attached to an aromatic ring is 1. The summed E-state index contributed by atoms with van der Waals surface area (Å²) in [5, 5.41) is 18.5. The SMILES string of the molecule is C[C@H](Oc1cc(N2CCNC3(CC3)C2)nc(-c2noc3c2CCC[C@@]32CCCc3ccc(N)c(C#N)c32)n1)[C@@H]1[C@@H](F)CCN1C. The topological polar surface area (TPSA) is 129 Å². The molecule has 10 nitrogen and oxygen atoms in total. The van der Waals surface area contributed by atoms with Crippen molar-refractivity contribution in [3.05, 3.63) is 46.2 Å². The van der Waals surface area contributed by atoms with Gasteiger partial charge in [-0.3, -0.25) is 4.90 Å². The number of nitrogens with zero attached hydrogens (tertiary/aromatic N) is 6. The van der Waals surface area contributed by atoms with Gasteiger partial charge in [0.25, 0.3) is 0 Å². The summed E-state index contributed by atoms with van der Waals surface area (Å²) < 4.78 is 27.6. The number of anilines is 2. The Morgan fingerprint density at radius 3 is 2.76 bits per heavy atom. The molecular weight excluding hydrogens is 571 g/mol. The zero-order valence-corrected chi connectivity index (χ0v) is 26.1. The molecule has 0 bridgehead atoms. The largest absolute Gasteiger partial charge is 0.473 e. The molecule has 0 unspecified atom stereocenters. The van der Waals surface area contributed by atoms with Gasteiger partial charge in [-0.1, -0.05) is 11.2 Å². The van der Waals surface area contributed by atoms with Gasteiger partial charge >= 0.3 is 0 Å². The average molecular weight is 613 g/mol. The van der Waals surface area contributed by atoms with Crippen LogP contribution in [-0.2, 0) is 18.3 Å². The van der Waals surface area contributed by atoms with Crippen LogP contribution in [0.2, 0.25) is 0 Å². The van der Waals surface area contributed by atoms with E-state index in [0.29, 0.717) is 41.6 Å². The van der Waals surface area contributed by atoms with Crippen molar-refractivity contribution >= 4 is 11.5 Å². The Kier molecular flexibility index (Phi) is 6.80. The third kappa shape index (κ3) is 4.67. The maximum atomic E-state index is 14.9. The number of piperazine rings is 1. The molecule has 0 radical (unpaired) electrons. The van der Waals surface area contributed by atoms with Crippen LogP contribution in [0, 0.1) is 11.3 Å². The van der Waals surface area contributed by atoms with Crippen molar-refractivity contribution in [3.8, 4) is 23.5 Å². The number of likely N-dealkylation sites (tertiary alicyclic amines) is 1. The van der Waals surface area contributed by atoms with Crippen molar-refractivity contribution in [2.24, 2.45) is 0 Å². The Morgan fingerprint density at radius 2 is 2.00 bits per heavy atom. The molecule has 8 rings (SSSR count). The first-order valence-corrected chi connectivity index (χ1v) is 16.5. The number of aromatic nitrogens is 3. The fraction of sp³-hybridized carbons (Fsp3) is 0.588. The second kappa shape index (κ2) is 10.7. The van der Waals surface area contributed by atoms with Crippen molar-refractivity contribution in [1.82, 2.24) is 25.3 Å². The van der Waals surface area contributed by atoms with Gasteiger partial charge in [-0.2, -0.15) is 10.2 Å². The number of ether oxygens (including phenoxy) is 1. The first kappa shape index (κ1) is 28.7. The van der Waals surface area contributed by atoms with Crippen LogP contribution in [0.3, 0.4) is 0 Å². The minimum atomic E-state index is -0.946. The Hall–Kier alpha value is -3.75. The molecule has 4 atom stereocenters. The minimum Gasteiger partial charge on any atom is -0.473 e. The Morgan fingerprint density at radius 1 is 1.18 bits per heavy atom. The van der Waals surface area contributed by atoms with Gasteiger partial charge < -0.3 is 25.2 Å². The predicted molar refractivity (Wildman–Crippen MR) is 168 cm³/mol. The molecule has 2 spiro atoms. The fourth-order valence-corrected chi connectivity index (χ4v) is 8.71. The Bertz CT molecular complexity index is 1670. The highest BCUT2D eigenvalue weighted by atomic mass is 19.1. The standard InChI is InChI=1S/C34H41FN8O2/c1-20(30-24(35)9-15-42(30)2)44-27-17-26(43-16-14-38-33(19-43)12-13-33)39-32(40-27)29-22-6-4-11-34(31(22)45-41-29)10-3-5-21-7-8-25(37)23(18-36)28(21)34/h7-8,17,20,24,30,38H,3-6,9-16,19,37H2,1-2H3/t20-,24-,30+,34+/m0/s1. The molecule has 11 heteroatoms. The molecule has 0 amide bonds. The van der Waals surface area contributed by atoms with Gasteiger partial charge in [0, 0.05) is 49.0 Å². The lowest BCUT2D eigenvalue weighted by Crippen LogP contribution is -2.52. The molecule has 3 aliphatic carbocycles. The van der Waals surface area contributed by atoms with Crippen molar-refractivity contribution in [3.63, 3.8) is 0 Å². The summed E-state index contributed by atoms with van der Waals surface area (Å²) >= 11 is 0. The third-order valence-electron chi connectivity index (χ3n) is 11.1. The molecule has 2 aliphatic heterocycles. The smallest absolute Gasteiger partial charge is 0.219 e. The number of benzene rings is 1. The molecule has 3 fully saturated rings. The molecule has 3 aromatic rings. The number of hydrogen-bond donors (Lipinski definition) is 2. The molecular formula is C34H41FN8O2. The van der Waals surface area contributed by atoms with Crippen LogP contribution in [0.15, 0.2) is 22.7 Å². The highest BCUT2D eigenvalue weighted by Crippen LogP contribution is 2.53. The normalized spacial score (nSPS) is 27.6. The first-order valence-electron chi connectivity index (χ1n) is 16.5. The summed E-state index contributed by atoms with van der Waals surface area (Å²) in [7, 11) is 1.95. The van der Waals surface area contributed by atoms with Gasteiger partial charge in [-0.15, -0.1) is 0 Å². The highest BCUT2D eigenvalue weighted by molar-refractivity contribution is 5.67. The number of fused-ring (bicyclic) bond motifs is 4. The number of halogens is 1. The molecule has 236 valence electrons. The van der Waals surface area contributed by atoms with Gasteiger partial charge in [-0.25, -0.2) is 9.37 Å². The first-order chi connectivity index (χ1) is 21.8. The van der Waals surface area contributed by atoms with E-state index in [2.05, 4.69) is 27.5 Å². The number of nitrogens with one attached hydrogen (secondary N) is 1. The van der Waals surface area contributed by atoms with Crippen LogP contribution in [-0.4, -0.2) is 77.1 Å². The Labute approximate surface area is 263 Å². The van der Waals surface area contributed by atoms with E-state index in [1.54, 1.807) is 0 Å². The molecule has 1 saturated carbocycles. The average Bonchev–Trinajstić information content (AvgIpc) is 3.46. The molecule has 45 heavy (non-hydrogen) atoms. The zero-order chi connectivity index (χ0) is 30.9. The van der Waals surface area contributed by atoms with Crippen molar-refractivity contribution in [2.45, 2.75) is 94.0 Å². The van der Waals surface area contributed by atoms with Gasteiger partial charge in [0.05, 0.1) is 17.0 Å². The van der Waals surface area contributed by atoms with Gasteiger partial charge in [0.2, 0.25) is 5.88 Å². The van der Waals surface area contributed by atoms with Gasteiger partial charge in [-0.05, 0) is 89.0 Å². The number of rotatable bonds is 5. The van der Waals surface area contributed by atoms with E-state index in [1.807, 2.05) is 31.0 Å². The van der Waals surface area contributed by atoms with Crippen molar-refractivity contribution < 1.29 is 13.7 Å². The number of hydrogen-bond acceptors (Lipinski definition) is 10. The van der Waals surface area contributed by atoms with E-state index in [9.17, 15) is 9.65 Å². The summed E-state index contributed by atoms with van der Waals surface area (Å²) in [6.07, 6.45) is 6.82. The second-order valence-electron chi connectivity index (χ2n) is 13.9. The monoisotopic (exact) mass is 612 g/mol. The van der Waals surface area contributed by atoms with E-state index in [-0.39, 0.29) is 11.6 Å². The fourth-order valence-electron chi connectivity index (χ4n) is 8.71. The summed E-state index contributed by atoms with van der Waals surface area (Å²) in [4.78, 5) is 14.3. The van der Waals surface area contributed by atoms with Gasteiger partial charge in [0.15, 0.2) is 17.3 Å². The van der Waals surface area contributed by atoms with Crippen LogP contribution in [0.1, 0.15) is 79.9 Å². The van der Waals surface area contributed by atoms with Crippen LogP contribution in [0.25, 0.3) is 11.5 Å². The van der Waals surface area contributed by atoms with Gasteiger partial charge in [0.1, 0.15) is 24.2 Å². The van der Waals surface area contributed by atoms with E-state index >= 15 is 0 Å².